The van der Waals surface area contributed by atoms with E-state index in [4.69, 9.17) is 4.74 Å². The minimum atomic E-state index is -3.20. The summed E-state index contributed by atoms with van der Waals surface area (Å²) in [5.74, 6) is 0.106. The molecule has 0 aliphatic carbocycles. The highest BCUT2D eigenvalue weighted by Crippen LogP contribution is 2.22. The lowest BCUT2D eigenvalue weighted by molar-refractivity contribution is 0.135. The Labute approximate surface area is 114 Å². The van der Waals surface area contributed by atoms with E-state index >= 15 is 0 Å². The molecule has 2 rings (SSSR count). The third-order valence-electron chi connectivity index (χ3n) is 3.14. The zero-order valence-electron chi connectivity index (χ0n) is 11.0. The summed E-state index contributed by atoms with van der Waals surface area (Å²) in [6.45, 7) is 2.27. The third-order valence-corrected chi connectivity index (χ3v) is 4.93. The second kappa shape index (κ2) is 6.10. The van der Waals surface area contributed by atoms with Crippen molar-refractivity contribution in [1.82, 2.24) is 0 Å². The van der Waals surface area contributed by atoms with E-state index in [-0.39, 0.29) is 11.9 Å². The van der Waals surface area contributed by atoms with Crippen molar-refractivity contribution in [2.75, 3.05) is 17.6 Å². The summed E-state index contributed by atoms with van der Waals surface area (Å²) in [6, 6.07) is 7.01. The molecule has 0 fully saturated rings. The molecule has 1 aromatic carbocycles. The maximum atomic E-state index is 12.0. The van der Waals surface area contributed by atoms with E-state index in [2.05, 4.69) is 5.32 Å². The molecule has 1 atom stereocenters. The fourth-order valence-corrected chi connectivity index (χ4v) is 3.07. The first-order valence-electron chi connectivity index (χ1n) is 6.49. The number of para-hydroxylation sites is 1. The quantitative estimate of drug-likeness (QED) is 0.901. The van der Waals surface area contributed by atoms with Crippen molar-refractivity contribution < 1.29 is 13.2 Å². The lowest BCUT2D eigenvalue weighted by Gasteiger charge is -2.21. The third kappa shape index (κ3) is 3.50. The van der Waals surface area contributed by atoms with Gasteiger partial charge in [-0.05, 0) is 31.1 Å². The van der Waals surface area contributed by atoms with Gasteiger partial charge in [0.2, 0.25) is 0 Å². The van der Waals surface area contributed by atoms with Crippen molar-refractivity contribution in [2.24, 2.45) is 0 Å². The standard InChI is InChI=1S/C14H19NO3S/c1-2-19(16,17)14-9-4-3-8-13(14)15-11-12-7-5-6-10-18-12/h3-4,6,8-10,12,15H,2,5,7,11H2,1H3. The minimum absolute atomic E-state index is 0.0994. The molecule has 1 heterocycles. The van der Waals surface area contributed by atoms with Crippen molar-refractivity contribution in [3.8, 4) is 0 Å². The zero-order valence-corrected chi connectivity index (χ0v) is 11.8. The van der Waals surface area contributed by atoms with E-state index in [1.54, 1.807) is 31.4 Å². The fraction of sp³-hybridized carbons (Fsp3) is 0.429. The number of anilines is 1. The van der Waals surface area contributed by atoms with Crippen molar-refractivity contribution in [3.05, 3.63) is 36.6 Å². The van der Waals surface area contributed by atoms with Gasteiger partial charge in [-0.15, -0.1) is 0 Å². The molecule has 4 nitrogen and oxygen atoms in total. The highest BCUT2D eigenvalue weighted by molar-refractivity contribution is 7.91. The largest absolute Gasteiger partial charge is 0.497 e. The summed E-state index contributed by atoms with van der Waals surface area (Å²) in [4.78, 5) is 0.365. The summed E-state index contributed by atoms with van der Waals surface area (Å²) >= 11 is 0. The fourth-order valence-electron chi connectivity index (χ4n) is 2.00. The molecular weight excluding hydrogens is 262 g/mol. The normalized spacial score (nSPS) is 18.9. The van der Waals surface area contributed by atoms with E-state index < -0.39 is 9.84 Å². The van der Waals surface area contributed by atoms with Gasteiger partial charge in [-0.3, -0.25) is 0 Å². The average Bonchev–Trinajstić information content (AvgIpc) is 2.46. The van der Waals surface area contributed by atoms with Crippen LogP contribution in [-0.4, -0.2) is 26.8 Å². The van der Waals surface area contributed by atoms with Gasteiger partial charge < -0.3 is 10.1 Å². The number of hydrogen-bond donors (Lipinski definition) is 1. The van der Waals surface area contributed by atoms with Crippen LogP contribution in [0.4, 0.5) is 5.69 Å². The molecule has 1 N–H and O–H groups in total. The van der Waals surface area contributed by atoms with Gasteiger partial charge in [0, 0.05) is 0 Å². The Balaban J connectivity index is 2.10. The molecule has 0 spiro atoms. The smallest absolute Gasteiger partial charge is 0.180 e. The summed E-state index contributed by atoms with van der Waals surface area (Å²) in [5.41, 5.74) is 0.655. The second-order valence-corrected chi connectivity index (χ2v) is 6.73. The number of hydrogen-bond acceptors (Lipinski definition) is 4. The first kappa shape index (κ1) is 13.9. The van der Waals surface area contributed by atoms with Gasteiger partial charge in [-0.2, -0.15) is 0 Å². The van der Waals surface area contributed by atoms with Crippen molar-refractivity contribution in [3.63, 3.8) is 0 Å². The van der Waals surface area contributed by atoms with Gasteiger partial charge in [0.15, 0.2) is 9.84 Å². The van der Waals surface area contributed by atoms with Crippen LogP contribution in [0.15, 0.2) is 41.5 Å². The maximum absolute atomic E-state index is 12.0. The van der Waals surface area contributed by atoms with Crippen LogP contribution >= 0.6 is 0 Å². The van der Waals surface area contributed by atoms with Gasteiger partial charge in [-0.25, -0.2) is 8.42 Å². The molecule has 0 bridgehead atoms. The Morgan fingerprint density at radius 2 is 2.16 bits per heavy atom. The second-order valence-electron chi connectivity index (χ2n) is 4.49. The van der Waals surface area contributed by atoms with Gasteiger partial charge in [0.1, 0.15) is 6.10 Å². The SMILES string of the molecule is CCS(=O)(=O)c1ccccc1NCC1CCC=CO1. The average molecular weight is 281 g/mol. The Bertz CT molecular complexity index is 552. The van der Waals surface area contributed by atoms with Crippen molar-refractivity contribution in [2.45, 2.75) is 30.8 Å². The van der Waals surface area contributed by atoms with Crippen LogP contribution in [0.5, 0.6) is 0 Å². The summed E-state index contributed by atoms with van der Waals surface area (Å²) < 4.78 is 29.4. The lowest BCUT2D eigenvalue weighted by Crippen LogP contribution is -2.23. The molecule has 1 aliphatic heterocycles. The maximum Gasteiger partial charge on any atom is 0.180 e. The number of sulfone groups is 1. The summed E-state index contributed by atoms with van der Waals surface area (Å²) in [5, 5.41) is 3.19. The number of allylic oxidation sites excluding steroid dienone is 1. The number of rotatable bonds is 5. The van der Waals surface area contributed by atoms with Gasteiger partial charge in [0.25, 0.3) is 0 Å². The summed E-state index contributed by atoms with van der Waals surface area (Å²) in [6.07, 6.45) is 5.76. The Morgan fingerprint density at radius 1 is 1.37 bits per heavy atom. The van der Waals surface area contributed by atoms with Gasteiger partial charge >= 0.3 is 0 Å². The lowest BCUT2D eigenvalue weighted by atomic mass is 10.1. The first-order chi connectivity index (χ1) is 9.13. The number of ether oxygens (including phenoxy) is 1. The molecular formula is C14H19NO3S. The van der Waals surface area contributed by atoms with Crippen molar-refractivity contribution >= 4 is 15.5 Å². The van der Waals surface area contributed by atoms with E-state index in [1.807, 2.05) is 12.1 Å². The Hall–Kier alpha value is -1.49. The zero-order chi connectivity index (χ0) is 13.7. The van der Waals surface area contributed by atoms with E-state index in [1.165, 1.54) is 0 Å². The number of benzene rings is 1. The molecule has 1 unspecified atom stereocenters. The highest BCUT2D eigenvalue weighted by Gasteiger charge is 2.17. The van der Waals surface area contributed by atoms with E-state index in [9.17, 15) is 8.42 Å². The molecule has 19 heavy (non-hydrogen) atoms. The van der Waals surface area contributed by atoms with Crippen LogP contribution in [0.2, 0.25) is 0 Å². The molecule has 0 radical (unpaired) electrons. The predicted octanol–water partition coefficient (Wildman–Crippen LogP) is 2.58. The number of nitrogens with one attached hydrogen (secondary N) is 1. The van der Waals surface area contributed by atoms with Crippen LogP contribution in [-0.2, 0) is 14.6 Å². The van der Waals surface area contributed by atoms with Crippen LogP contribution in [0.3, 0.4) is 0 Å². The Morgan fingerprint density at radius 3 is 2.84 bits per heavy atom. The Kier molecular flexibility index (Phi) is 4.47. The summed E-state index contributed by atoms with van der Waals surface area (Å²) in [7, 11) is -3.20. The highest BCUT2D eigenvalue weighted by atomic mass is 32.2. The van der Waals surface area contributed by atoms with Crippen LogP contribution in [0.25, 0.3) is 0 Å². The molecule has 1 aromatic rings. The van der Waals surface area contributed by atoms with Gasteiger partial charge in [0.05, 0.1) is 29.1 Å². The minimum Gasteiger partial charge on any atom is -0.497 e. The molecule has 5 heteroatoms. The predicted molar refractivity (Wildman–Crippen MR) is 75.9 cm³/mol. The van der Waals surface area contributed by atoms with E-state index in [0.717, 1.165) is 12.8 Å². The topological polar surface area (TPSA) is 55.4 Å². The van der Waals surface area contributed by atoms with Crippen LogP contribution < -0.4 is 5.32 Å². The van der Waals surface area contributed by atoms with E-state index in [0.29, 0.717) is 17.1 Å². The molecule has 0 saturated heterocycles. The van der Waals surface area contributed by atoms with Crippen LogP contribution in [0.1, 0.15) is 19.8 Å². The first-order valence-corrected chi connectivity index (χ1v) is 8.15. The van der Waals surface area contributed by atoms with Crippen LogP contribution in [0, 0.1) is 0 Å². The monoisotopic (exact) mass is 281 g/mol. The molecule has 104 valence electrons. The molecule has 1 aliphatic rings. The molecule has 0 amide bonds. The molecule has 0 saturated carbocycles. The van der Waals surface area contributed by atoms with Crippen molar-refractivity contribution in [1.29, 1.82) is 0 Å². The molecule has 0 aromatic heterocycles. The van der Waals surface area contributed by atoms with Gasteiger partial charge in [-0.1, -0.05) is 19.1 Å².